The van der Waals surface area contributed by atoms with Gasteiger partial charge in [0.1, 0.15) is 0 Å². The summed E-state index contributed by atoms with van der Waals surface area (Å²) in [4.78, 5) is 14.6. The SMILES string of the molecule is CC(C)N1C[C@H](NC(=O)c2cccc(CCC(C)(C)O)c2)[C@@H](O)C1. The molecule has 5 heteroatoms. The smallest absolute Gasteiger partial charge is 0.251 e. The van der Waals surface area contributed by atoms with Crippen LogP contribution in [0.15, 0.2) is 24.3 Å². The van der Waals surface area contributed by atoms with Crippen LogP contribution >= 0.6 is 0 Å². The van der Waals surface area contributed by atoms with E-state index >= 15 is 0 Å². The third-order valence-corrected chi connectivity index (χ3v) is 4.58. The van der Waals surface area contributed by atoms with Gasteiger partial charge in [-0.3, -0.25) is 9.69 Å². The van der Waals surface area contributed by atoms with Gasteiger partial charge in [0, 0.05) is 24.7 Å². The Labute approximate surface area is 144 Å². The molecule has 0 saturated carbocycles. The molecule has 0 aliphatic carbocycles. The minimum atomic E-state index is -0.716. The number of amides is 1. The summed E-state index contributed by atoms with van der Waals surface area (Å²) in [5.74, 6) is -0.158. The van der Waals surface area contributed by atoms with Crippen molar-refractivity contribution in [1.29, 1.82) is 0 Å². The van der Waals surface area contributed by atoms with Gasteiger partial charge in [-0.05, 0) is 58.2 Å². The van der Waals surface area contributed by atoms with E-state index in [0.29, 0.717) is 31.1 Å². The Morgan fingerprint density at radius 2 is 2.08 bits per heavy atom. The van der Waals surface area contributed by atoms with Crippen molar-refractivity contribution in [3.8, 4) is 0 Å². The zero-order valence-corrected chi connectivity index (χ0v) is 15.1. The number of nitrogens with zero attached hydrogens (tertiary/aromatic N) is 1. The van der Waals surface area contributed by atoms with Crippen molar-refractivity contribution >= 4 is 5.91 Å². The van der Waals surface area contributed by atoms with E-state index in [0.717, 1.165) is 12.0 Å². The highest BCUT2D eigenvalue weighted by Gasteiger charge is 2.33. The Bertz CT molecular complexity index is 566. The number of hydrogen-bond donors (Lipinski definition) is 3. The zero-order chi connectivity index (χ0) is 17.9. The van der Waals surface area contributed by atoms with E-state index in [4.69, 9.17) is 0 Å². The van der Waals surface area contributed by atoms with Crippen LogP contribution in [-0.2, 0) is 6.42 Å². The lowest BCUT2D eigenvalue weighted by Gasteiger charge is -2.20. The maximum atomic E-state index is 12.5. The first-order valence-corrected chi connectivity index (χ1v) is 8.70. The fourth-order valence-corrected chi connectivity index (χ4v) is 2.95. The third kappa shape index (κ3) is 5.30. The molecule has 5 nitrogen and oxygen atoms in total. The van der Waals surface area contributed by atoms with E-state index in [1.807, 2.05) is 18.2 Å². The highest BCUT2D eigenvalue weighted by atomic mass is 16.3. The minimum Gasteiger partial charge on any atom is -0.390 e. The summed E-state index contributed by atoms with van der Waals surface area (Å²) >= 11 is 0. The fraction of sp³-hybridized carbons (Fsp3) is 0.632. The number of carbonyl (C=O) groups is 1. The molecule has 1 amide bonds. The van der Waals surface area contributed by atoms with Crippen LogP contribution in [0.25, 0.3) is 0 Å². The van der Waals surface area contributed by atoms with Gasteiger partial charge in [-0.25, -0.2) is 0 Å². The molecule has 1 heterocycles. The highest BCUT2D eigenvalue weighted by molar-refractivity contribution is 5.94. The summed E-state index contributed by atoms with van der Waals surface area (Å²) in [5, 5.41) is 22.9. The first-order chi connectivity index (χ1) is 11.2. The van der Waals surface area contributed by atoms with Crippen LogP contribution in [0.1, 0.15) is 50.0 Å². The van der Waals surface area contributed by atoms with Crippen LogP contribution in [0, 0.1) is 0 Å². The van der Waals surface area contributed by atoms with Crippen LogP contribution in [-0.4, -0.2) is 57.9 Å². The quantitative estimate of drug-likeness (QED) is 0.738. The number of rotatable bonds is 6. The molecule has 1 aliphatic rings. The minimum absolute atomic E-state index is 0.158. The van der Waals surface area contributed by atoms with Gasteiger partial charge in [-0.15, -0.1) is 0 Å². The number of benzene rings is 1. The van der Waals surface area contributed by atoms with Crippen LogP contribution in [0.5, 0.6) is 0 Å². The topological polar surface area (TPSA) is 72.8 Å². The Hall–Kier alpha value is -1.43. The molecule has 0 aromatic heterocycles. The van der Waals surface area contributed by atoms with E-state index in [1.54, 1.807) is 19.9 Å². The van der Waals surface area contributed by atoms with Crippen LogP contribution in [0.4, 0.5) is 0 Å². The Kier molecular flexibility index (Phi) is 6.01. The molecule has 1 aliphatic heterocycles. The maximum Gasteiger partial charge on any atom is 0.251 e. The number of aliphatic hydroxyl groups excluding tert-OH is 1. The second-order valence-electron chi connectivity index (χ2n) is 7.71. The van der Waals surface area contributed by atoms with E-state index in [2.05, 4.69) is 24.1 Å². The molecular weight excluding hydrogens is 304 g/mol. The van der Waals surface area contributed by atoms with Crippen molar-refractivity contribution in [2.24, 2.45) is 0 Å². The Morgan fingerprint density at radius 3 is 2.67 bits per heavy atom. The van der Waals surface area contributed by atoms with Crippen LogP contribution < -0.4 is 5.32 Å². The summed E-state index contributed by atoms with van der Waals surface area (Å²) in [7, 11) is 0. The Balaban J connectivity index is 1.97. The highest BCUT2D eigenvalue weighted by Crippen LogP contribution is 2.16. The fourth-order valence-electron chi connectivity index (χ4n) is 2.95. The Morgan fingerprint density at radius 1 is 1.38 bits per heavy atom. The molecule has 0 unspecified atom stereocenters. The van der Waals surface area contributed by atoms with Gasteiger partial charge in [0.15, 0.2) is 0 Å². The van der Waals surface area contributed by atoms with Crippen LogP contribution in [0.2, 0.25) is 0 Å². The summed E-state index contributed by atoms with van der Waals surface area (Å²) in [6, 6.07) is 7.59. The first-order valence-electron chi connectivity index (χ1n) is 8.70. The molecule has 1 fully saturated rings. The molecule has 2 rings (SSSR count). The lowest BCUT2D eigenvalue weighted by Crippen LogP contribution is -2.43. The van der Waals surface area contributed by atoms with Crippen molar-refractivity contribution in [3.05, 3.63) is 35.4 Å². The molecule has 0 bridgehead atoms. The van der Waals surface area contributed by atoms with E-state index in [-0.39, 0.29) is 11.9 Å². The predicted octanol–water partition coefficient (Wildman–Crippen LogP) is 1.57. The largest absolute Gasteiger partial charge is 0.390 e. The number of aryl methyl sites for hydroxylation is 1. The van der Waals surface area contributed by atoms with Gasteiger partial charge in [0.05, 0.1) is 17.7 Å². The average Bonchev–Trinajstić information content (AvgIpc) is 2.86. The van der Waals surface area contributed by atoms with Gasteiger partial charge in [-0.1, -0.05) is 12.1 Å². The lowest BCUT2D eigenvalue weighted by atomic mass is 9.98. The molecule has 0 spiro atoms. The zero-order valence-electron chi connectivity index (χ0n) is 15.1. The van der Waals surface area contributed by atoms with Crippen molar-refractivity contribution in [1.82, 2.24) is 10.2 Å². The molecule has 1 aromatic rings. The molecule has 134 valence electrons. The summed E-state index contributed by atoms with van der Waals surface area (Å²) in [6.07, 6.45) is 0.829. The summed E-state index contributed by atoms with van der Waals surface area (Å²) in [6.45, 7) is 9.00. The van der Waals surface area contributed by atoms with Gasteiger partial charge in [0.2, 0.25) is 0 Å². The number of carbonyl (C=O) groups excluding carboxylic acids is 1. The first kappa shape index (κ1) is 18.9. The van der Waals surface area contributed by atoms with Crippen molar-refractivity contribution in [2.75, 3.05) is 13.1 Å². The number of nitrogens with one attached hydrogen (secondary N) is 1. The molecular formula is C19H30N2O3. The van der Waals surface area contributed by atoms with Gasteiger partial charge < -0.3 is 15.5 Å². The lowest BCUT2D eigenvalue weighted by molar-refractivity contribution is 0.0714. The number of likely N-dealkylation sites (tertiary alicyclic amines) is 1. The number of hydrogen-bond acceptors (Lipinski definition) is 4. The second-order valence-corrected chi connectivity index (χ2v) is 7.71. The van der Waals surface area contributed by atoms with Gasteiger partial charge in [0.25, 0.3) is 5.91 Å². The molecule has 2 atom stereocenters. The average molecular weight is 334 g/mol. The van der Waals surface area contributed by atoms with E-state index in [1.165, 1.54) is 0 Å². The normalized spacial score (nSPS) is 22.1. The predicted molar refractivity (Wildman–Crippen MR) is 95.0 cm³/mol. The number of β-amino-alcohol motifs (C(OH)–C–C–N with tert-alkyl or cyclic N) is 1. The molecule has 3 N–H and O–H groups in total. The van der Waals surface area contributed by atoms with E-state index < -0.39 is 11.7 Å². The molecule has 0 radical (unpaired) electrons. The van der Waals surface area contributed by atoms with Crippen molar-refractivity contribution < 1.29 is 15.0 Å². The molecule has 24 heavy (non-hydrogen) atoms. The van der Waals surface area contributed by atoms with E-state index in [9.17, 15) is 15.0 Å². The second kappa shape index (κ2) is 7.64. The molecule has 1 aromatic carbocycles. The van der Waals surface area contributed by atoms with Gasteiger partial charge in [-0.2, -0.15) is 0 Å². The van der Waals surface area contributed by atoms with Crippen LogP contribution in [0.3, 0.4) is 0 Å². The number of aliphatic hydroxyl groups is 2. The molecule has 1 saturated heterocycles. The van der Waals surface area contributed by atoms with Crippen molar-refractivity contribution in [3.63, 3.8) is 0 Å². The van der Waals surface area contributed by atoms with Crippen molar-refractivity contribution in [2.45, 2.75) is 64.3 Å². The summed E-state index contributed by atoms with van der Waals surface area (Å²) < 4.78 is 0. The monoisotopic (exact) mass is 334 g/mol. The van der Waals surface area contributed by atoms with Gasteiger partial charge >= 0.3 is 0 Å². The maximum absolute atomic E-state index is 12.5. The third-order valence-electron chi connectivity index (χ3n) is 4.58. The summed E-state index contributed by atoms with van der Waals surface area (Å²) in [5.41, 5.74) is 0.908. The standard InChI is InChI=1S/C19H30N2O3/c1-13(2)21-11-16(17(22)12-21)20-18(23)15-7-5-6-14(10-15)8-9-19(3,4)24/h5-7,10,13,16-17,22,24H,8-9,11-12H2,1-4H3,(H,20,23)/t16-,17-/m0/s1.